The van der Waals surface area contributed by atoms with Crippen molar-refractivity contribution in [1.29, 1.82) is 0 Å². The van der Waals surface area contributed by atoms with Crippen molar-refractivity contribution < 1.29 is 0 Å². The van der Waals surface area contributed by atoms with E-state index in [1.54, 1.807) is 0 Å². The summed E-state index contributed by atoms with van der Waals surface area (Å²) in [6.45, 7) is 4.73. The van der Waals surface area contributed by atoms with E-state index in [9.17, 15) is 0 Å². The molecule has 0 amide bonds. The molecule has 18 heavy (non-hydrogen) atoms. The average molecular weight is 264 g/mol. The number of hydrogen-bond donors (Lipinski definition) is 1. The van der Waals surface area contributed by atoms with Crippen LogP contribution in [0.15, 0.2) is 11.4 Å². The Morgan fingerprint density at radius 3 is 2.44 bits per heavy atom. The lowest BCUT2D eigenvalue weighted by Gasteiger charge is -2.43. The topological polar surface area (TPSA) is 29.3 Å². The molecule has 3 rings (SSSR count). The number of rotatable bonds is 3. The van der Waals surface area contributed by atoms with Gasteiger partial charge in [-0.05, 0) is 62.7 Å². The SMILES string of the molecule is Cc1ccsc1C(N)C1(N2CCCC2)CCCC1. The monoisotopic (exact) mass is 264 g/mol. The van der Waals surface area contributed by atoms with Crippen LogP contribution in [-0.4, -0.2) is 23.5 Å². The molecular weight excluding hydrogens is 240 g/mol. The summed E-state index contributed by atoms with van der Waals surface area (Å²) in [6, 6.07) is 2.44. The molecule has 0 aromatic carbocycles. The molecule has 1 aromatic rings. The van der Waals surface area contributed by atoms with E-state index in [0.29, 0.717) is 0 Å². The van der Waals surface area contributed by atoms with Crippen LogP contribution < -0.4 is 5.73 Å². The summed E-state index contributed by atoms with van der Waals surface area (Å²) < 4.78 is 0. The van der Waals surface area contributed by atoms with Gasteiger partial charge in [0, 0.05) is 10.4 Å². The van der Waals surface area contributed by atoms with Gasteiger partial charge >= 0.3 is 0 Å². The van der Waals surface area contributed by atoms with Crippen LogP contribution in [0.5, 0.6) is 0 Å². The fraction of sp³-hybridized carbons (Fsp3) is 0.733. The third-order valence-electron chi connectivity index (χ3n) is 4.97. The molecule has 1 atom stereocenters. The zero-order valence-corrected chi connectivity index (χ0v) is 12.1. The number of aryl methyl sites for hydroxylation is 1. The van der Waals surface area contributed by atoms with Crippen LogP contribution in [0, 0.1) is 6.92 Å². The molecule has 2 fully saturated rings. The van der Waals surface area contributed by atoms with Crippen molar-refractivity contribution in [3.63, 3.8) is 0 Å². The summed E-state index contributed by atoms with van der Waals surface area (Å²) in [5.41, 5.74) is 8.39. The average Bonchev–Trinajstić information content (AvgIpc) is 3.10. The summed E-state index contributed by atoms with van der Waals surface area (Å²) in [5, 5.41) is 2.19. The molecule has 1 saturated carbocycles. The highest BCUT2D eigenvalue weighted by molar-refractivity contribution is 7.10. The van der Waals surface area contributed by atoms with Crippen molar-refractivity contribution in [1.82, 2.24) is 4.90 Å². The van der Waals surface area contributed by atoms with Crippen LogP contribution in [0.1, 0.15) is 55.0 Å². The third-order valence-corrected chi connectivity index (χ3v) is 6.07. The van der Waals surface area contributed by atoms with E-state index < -0.39 is 0 Å². The smallest absolute Gasteiger partial charge is 0.0579 e. The van der Waals surface area contributed by atoms with Crippen LogP contribution in [0.25, 0.3) is 0 Å². The van der Waals surface area contributed by atoms with E-state index >= 15 is 0 Å². The van der Waals surface area contributed by atoms with Gasteiger partial charge in [0.1, 0.15) is 0 Å². The van der Waals surface area contributed by atoms with Crippen molar-refractivity contribution in [2.24, 2.45) is 5.73 Å². The van der Waals surface area contributed by atoms with E-state index in [1.807, 2.05) is 11.3 Å². The zero-order chi connectivity index (χ0) is 12.6. The molecule has 0 radical (unpaired) electrons. The highest BCUT2D eigenvalue weighted by Gasteiger charge is 2.46. The van der Waals surface area contributed by atoms with Gasteiger partial charge in [0.25, 0.3) is 0 Å². The minimum absolute atomic E-state index is 0.220. The molecule has 1 aliphatic carbocycles. The molecule has 2 N–H and O–H groups in total. The first-order chi connectivity index (χ1) is 8.74. The predicted octanol–water partition coefficient (Wildman–Crippen LogP) is 3.46. The molecule has 2 nitrogen and oxygen atoms in total. The van der Waals surface area contributed by atoms with Gasteiger partial charge in [0.05, 0.1) is 6.04 Å². The lowest BCUT2D eigenvalue weighted by Crippen LogP contribution is -2.52. The van der Waals surface area contributed by atoms with E-state index in [-0.39, 0.29) is 11.6 Å². The van der Waals surface area contributed by atoms with Crippen molar-refractivity contribution in [3.05, 3.63) is 21.9 Å². The summed E-state index contributed by atoms with van der Waals surface area (Å²) in [4.78, 5) is 4.13. The van der Waals surface area contributed by atoms with Gasteiger partial charge in [-0.3, -0.25) is 4.90 Å². The van der Waals surface area contributed by atoms with Crippen molar-refractivity contribution in [2.45, 2.75) is 57.0 Å². The van der Waals surface area contributed by atoms with Crippen molar-refractivity contribution in [3.8, 4) is 0 Å². The van der Waals surface area contributed by atoms with Gasteiger partial charge in [0.15, 0.2) is 0 Å². The van der Waals surface area contributed by atoms with Gasteiger partial charge in [-0.25, -0.2) is 0 Å². The highest BCUT2D eigenvalue weighted by Crippen LogP contribution is 2.46. The van der Waals surface area contributed by atoms with Crippen molar-refractivity contribution in [2.75, 3.05) is 13.1 Å². The van der Waals surface area contributed by atoms with Crippen LogP contribution in [0.4, 0.5) is 0 Å². The lowest BCUT2D eigenvalue weighted by atomic mass is 9.85. The van der Waals surface area contributed by atoms with Gasteiger partial charge in [-0.1, -0.05) is 12.8 Å². The second kappa shape index (κ2) is 4.95. The summed E-state index contributed by atoms with van der Waals surface area (Å²) in [6.07, 6.45) is 8.02. The fourth-order valence-electron chi connectivity index (χ4n) is 3.92. The summed E-state index contributed by atoms with van der Waals surface area (Å²) in [7, 11) is 0. The van der Waals surface area contributed by atoms with E-state index in [0.717, 1.165) is 0 Å². The first-order valence-electron chi connectivity index (χ1n) is 7.29. The van der Waals surface area contributed by atoms with Crippen molar-refractivity contribution >= 4 is 11.3 Å². The van der Waals surface area contributed by atoms with Gasteiger partial charge < -0.3 is 5.73 Å². The molecule has 1 aromatic heterocycles. The van der Waals surface area contributed by atoms with E-state index in [2.05, 4.69) is 23.3 Å². The maximum absolute atomic E-state index is 6.73. The van der Waals surface area contributed by atoms with Crippen LogP contribution in [0.3, 0.4) is 0 Å². The van der Waals surface area contributed by atoms with Gasteiger partial charge in [0.2, 0.25) is 0 Å². The van der Waals surface area contributed by atoms with Crippen LogP contribution in [-0.2, 0) is 0 Å². The minimum Gasteiger partial charge on any atom is -0.322 e. The minimum atomic E-state index is 0.220. The fourth-order valence-corrected chi connectivity index (χ4v) is 4.96. The lowest BCUT2D eigenvalue weighted by molar-refractivity contribution is 0.0932. The molecule has 1 saturated heterocycles. The number of nitrogens with zero attached hydrogens (tertiary/aromatic N) is 1. The molecule has 0 bridgehead atoms. The number of likely N-dealkylation sites (tertiary alicyclic amines) is 1. The quantitative estimate of drug-likeness (QED) is 0.906. The van der Waals surface area contributed by atoms with E-state index in [1.165, 1.54) is 62.1 Å². The Hall–Kier alpha value is -0.380. The Kier molecular flexibility index (Phi) is 3.48. The molecule has 0 spiro atoms. The first kappa shape index (κ1) is 12.6. The van der Waals surface area contributed by atoms with Crippen LogP contribution >= 0.6 is 11.3 Å². The maximum Gasteiger partial charge on any atom is 0.0579 e. The Morgan fingerprint density at radius 1 is 1.22 bits per heavy atom. The molecule has 1 unspecified atom stereocenters. The van der Waals surface area contributed by atoms with E-state index in [4.69, 9.17) is 5.73 Å². The normalized spacial score (nSPS) is 25.7. The van der Waals surface area contributed by atoms with Gasteiger partial charge in [-0.2, -0.15) is 0 Å². The number of thiophene rings is 1. The molecule has 1 aliphatic heterocycles. The maximum atomic E-state index is 6.73. The Labute approximate surface area is 114 Å². The number of nitrogens with two attached hydrogens (primary N) is 1. The molecular formula is C15H24N2S. The summed E-state index contributed by atoms with van der Waals surface area (Å²) in [5.74, 6) is 0. The highest BCUT2D eigenvalue weighted by atomic mass is 32.1. The summed E-state index contributed by atoms with van der Waals surface area (Å²) >= 11 is 1.85. The molecule has 100 valence electrons. The van der Waals surface area contributed by atoms with Gasteiger partial charge in [-0.15, -0.1) is 11.3 Å². The first-order valence-corrected chi connectivity index (χ1v) is 8.17. The Morgan fingerprint density at radius 2 is 1.89 bits per heavy atom. The second-order valence-electron chi connectivity index (χ2n) is 5.95. The molecule has 3 heteroatoms. The second-order valence-corrected chi connectivity index (χ2v) is 6.90. The van der Waals surface area contributed by atoms with Crippen LogP contribution in [0.2, 0.25) is 0 Å². The largest absolute Gasteiger partial charge is 0.322 e. The third kappa shape index (κ3) is 1.93. The number of hydrogen-bond acceptors (Lipinski definition) is 3. The Balaban J connectivity index is 1.91. The zero-order valence-electron chi connectivity index (χ0n) is 11.3. The standard InChI is InChI=1S/C15H24N2S/c1-12-6-11-18-13(12)14(16)15(7-2-3-8-15)17-9-4-5-10-17/h6,11,14H,2-5,7-10,16H2,1H3. The predicted molar refractivity (Wildman–Crippen MR) is 78.0 cm³/mol. The molecule has 2 aliphatic rings. The molecule has 2 heterocycles. The Bertz CT molecular complexity index is 400.